The molecule has 0 saturated carbocycles. The summed E-state index contributed by atoms with van der Waals surface area (Å²) in [6.07, 6.45) is -0.220. The van der Waals surface area contributed by atoms with Gasteiger partial charge >= 0.3 is 0 Å². The molecule has 136 valence electrons. The molecular weight excluding hydrogens is 330 g/mol. The summed E-state index contributed by atoms with van der Waals surface area (Å²) < 4.78 is 5.45. The van der Waals surface area contributed by atoms with Crippen molar-refractivity contribution in [2.75, 3.05) is 11.5 Å². The Morgan fingerprint density at radius 2 is 1.88 bits per heavy atom. The maximum absolute atomic E-state index is 13.0. The Morgan fingerprint density at radius 3 is 2.50 bits per heavy atom. The van der Waals surface area contributed by atoms with Gasteiger partial charge in [0.05, 0.1) is 18.8 Å². The molecule has 1 atom stereocenters. The number of anilines is 1. The zero-order valence-corrected chi connectivity index (χ0v) is 15.3. The first-order valence-corrected chi connectivity index (χ1v) is 8.72. The summed E-state index contributed by atoms with van der Waals surface area (Å²) in [5.41, 5.74) is 1.21. The smallest absolute Gasteiger partial charge is 0.264 e. The summed E-state index contributed by atoms with van der Waals surface area (Å²) in [5.74, 6) is 0.0933. The van der Waals surface area contributed by atoms with E-state index in [4.69, 9.17) is 4.74 Å². The van der Waals surface area contributed by atoms with Gasteiger partial charge in [0.2, 0.25) is 0 Å². The minimum Gasteiger partial charge on any atom is -0.494 e. The Bertz CT molecular complexity index is 844. The molecule has 1 aliphatic rings. The van der Waals surface area contributed by atoms with E-state index in [1.165, 1.54) is 6.92 Å². The van der Waals surface area contributed by atoms with Crippen LogP contribution < -0.4 is 9.64 Å². The number of ether oxygens (including phenoxy) is 1. The van der Waals surface area contributed by atoms with Crippen LogP contribution in [0.15, 0.2) is 42.5 Å². The van der Waals surface area contributed by atoms with Crippen molar-refractivity contribution < 1.29 is 19.4 Å². The number of para-hydroxylation sites is 1. The van der Waals surface area contributed by atoms with Crippen LogP contribution in [0.4, 0.5) is 5.69 Å². The molecule has 1 N–H and O–H groups in total. The van der Waals surface area contributed by atoms with Gasteiger partial charge in [-0.15, -0.1) is 0 Å². The molecular formula is C21H23NO4. The van der Waals surface area contributed by atoms with Crippen molar-refractivity contribution >= 4 is 17.4 Å². The van der Waals surface area contributed by atoms with Gasteiger partial charge in [-0.2, -0.15) is 0 Å². The molecule has 0 saturated heterocycles. The maximum Gasteiger partial charge on any atom is 0.264 e. The number of Topliss-reactive ketones (excluding diaryl/α,β-unsaturated/α-hetero) is 1. The first-order chi connectivity index (χ1) is 12.4. The van der Waals surface area contributed by atoms with Gasteiger partial charge in [0.1, 0.15) is 11.5 Å². The number of fused-ring (bicyclic) bond motifs is 1. The van der Waals surface area contributed by atoms with Gasteiger partial charge in [0.25, 0.3) is 5.91 Å². The van der Waals surface area contributed by atoms with E-state index in [0.29, 0.717) is 24.4 Å². The monoisotopic (exact) mass is 353 g/mol. The fourth-order valence-corrected chi connectivity index (χ4v) is 3.51. The van der Waals surface area contributed by atoms with Crippen LogP contribution in [0.2, 0.25) is 0 Å². The fraction of sp³-hybridized carbons (Fsp3) is 0.333. The fourth-order valence-electron chi connectivity index (χ4n) is 3.51. The number of hydrogen-bond donors (Lipinski definition) is 1. The van der Waals surface area contributed by atoms with Crippen LogP contribution in [0.3, 0.4) is 0 Å². The number of carbonyl (C=O) groups is 2. The SMILES string of the molecule is CCOc1ccc(CN2C(=O)[C@@](O)(CC(C)=O)c3cccc(C)c32)cc1. The summed E-state index contributed by atoms with van der Waals surface area (Å²) in [6.45, 7) is 6.12. The predicted octanol–water partition coefficient (Wildman–Crippen LogP) is 3.11. The molecule has 0 aromatic heterocycles. The highest BCUT2D eigenvalue weighted by Crippen LogP contribution is 2.44. The number of hydrogen-bond acceptors (Lipinski definition) is 4. The lowest BCUT2D eigenvalue weighted by atomic mass is 9.89. The van der Waals surface area contributed by atoms with E-state index in [2.05, 4.69) is 0 Å². The highest BCUT2D eigenvalue weighted by molar-refractivity contribution is 6.09. The predicted molar refractivity (Wildman–Crippen MR) is 99.2 cm³/mol. The van der Waals surface area contributed by atoms with E-state index in [1.54, 1.807) is 17.0 Å². The third kappa shape index (κ3) is 3.10. The van der Waals surface area contributed by atoms with Crippen LogP contribution in [0, 0.1) is 6.92 Å². The molecule has 1 heterocycles. The van der Waals surface area contributed by atoms with E-state index in [0.717, 1.165) is 16.9 Å². The average Bonchev–Trinajstić information content (AvgIpc) is 2.79. The number of benzene rings is 2. The van der Waals surface area contributed by atoms with Gasteiger partial charge in [0.15, 0.2) is 5.60 Å². The summed E-state index contributed by atoms with van der Waals surface area (Å²) in [5, 5.41) is 11.0. The van der Waals surface area contributed by atoms with Crippen LogP contribution in [-0.4, -0.2) is 23.4 Å². The van der Waals surface area contributed by atoms with Crippen molar-refractivity contribution in [2.24, 2.45) is 0 Å². The third-order valence-electron chi connectivity index (χ3n) is 4.63. The molecule has 2 aromatic carbocycles. The standard InChI is InChI=1S/C21H23NO4/c1-4-26-17-10-8-16(9-11-17)13-22-19-14(2)6-5-7-18(19)21(25,20(22)24)12-15(3)23/h5-11,25H,4,12-13H2,1-3H3/t21-/m1/s1. The molecule has 0 aliphatic carbocycles. The minimum absolute atomic E-state index is 0.220. The molecule has 0 unspecified atom stereocenters. The van der Waals surface area contributed by atoms with Crippen LogP contribution in [0.25, 0.3) is 0 Å². The van der Waals surface area contributed by atoms with Crippen LogP contribution in [0.1, 0.15) is 37.0 Å². The Labute approximate surface area is 153 Å². The Morgan fingerprint density at radius 1 is 1.19 bits per heavy atom. The lowest BCUT2D eigenvalue weighted by molar-refractivity contribution is -0.141. The normalized spacial score (nSPS) is 18.8. The molecule has 0 bridgehead atoms. The van der Waals surface area contributed by atoms with E-state index >= 15 is 0 Å². The summed E-state index contributed by atoms with van der Waals surface area (Å²) in [7, 11) is 0. The molecule has 1 amide bonds. The van der Waals surface area contributed by atoms with Crippen molar-refractivity contribution in [2.45, 2.75) is 39.3 Å². The zero-order valence-electron chi connectivity index (χ0n) is 15.3. The summed E-state index contributed by atoms with van der Waals surface area (Å²) in [6, 6.07) is 12.9. The molecule has 2 aromatic rings. The summed E-state index contributed by atoms with van der Waals surface area (Å²) >= 11 is 0. The number of nitrogens with zero attached hydrogens (tertiary/aromatic N) is 1. The van der Waals surface area contributed by atoms with Gasteiger partial charge < -0.3 is 14.7 Å². The number of aryl methyl sites for hydroxylation is 1. The minimum atomic E-state index is -1.79. The zero-order chi connectivity index (χ0) is 18.9. The second-order valence-corrected chi connectivity index (χ2v) is 6.68. The Kier molecular flexibility index (Phi) is 4.83. The lowest BCUT2D eigenvalue weighted by Gasteiger charge is -2.22. The Hall–Kier alpha value is -2.66. The number of amides is 1. The molecule has 0 spiro atoms. The van der Waals surface area contributed by atoms with Crippen LogP contribution in [0.5, 0.6) is 5.75 Å². The second-order valence-electron chi connectivity index (χ2n) is 6.68. The second kappa shape index (κ2) is 6.92. The number of aliphatic hydroxyl groups is 1. The molecule has 5 heteroatoms. The van der Waals surface area contributed by atoms with Gasteiger partial charge in [-0.05, 0) is 44.0 Å². The van der Waals surface area contributed by atoms with E-state index < -0.39 is 11.5 Å². The largest absolute Gasteiger partial charge is 0.494 e. The van der Waals surface area contributed by atoms with Gasteiger partial charge in [-0.3, -0.25) is 9.59 Å². The van der Waals surface area contributed by atoms with Crippen molar-refractivity contribution in [3.8, 4) is 5.75 Å². The molecule has 26 heavy (non-hydrogen) atoms. The molecule has 3 rings (SSSR count). The topological polar surface area (TPSA) is 66.8 Å². The van der Waals surface area contributed by atoms with Crippen molar-refractivity contribution in [3.05, 3.63) is 59.2 Å². The number of ketones is 1. The molecule has 1 aliphatic heterocycles. The van der Waals surface area contributed by atoms with Crippen molar-refractivity contribution in [3.63, 3.8) is 0 Å². The molecule has 5 nitrogen and oxygen atoms in total. The van der Waals surface area contributed by atoms with Gasteiger partial charge in [0, 0.05) is 12.0 Å². The van der Waals surface area contributed by atoms with Crippen LogP contribution in [-0.2, 0) is 21.7 Å². The number of rotatable bonds is 6. The number of carbonyl (C=O) groups excluding carboxylic acids is 2. The third-order valence-corrected chi connectivity index (χ3v) is 4.63. The highest BCUT2D eigenvalue weighted by Gasteiger charge is 2.50. The lowest BCUT2D eigenvalue weighted by Crippen LogP contribution is -2.41. The quantitative estimate of drug-likeness (QED) is 0.866. The highest BCUT2D eigenvalue weighted by atomic mass is 16.5. The van der Waals surface area contributed by atoms with Gasteiger partial charge in [-0.1, -0.05) is 30.3 Å². The van der Waals surface area contributed by atoms with Crippen LogP contribution >= 0.6 is 0 Å². The average molecular weight is 353 g/mol. The summed E-state index contributed by atoms with van der Waals surface area (Å²) in [4.78, 5) is 26.3. The maximum atomic E-state index is 13.0. The van der Waals surface area contributed by atoms with E-state index in [9.17, 15) is 14.7 Å². The van der Waals surface area contributed by atoms with E-state index in [-0.39, 0.29) is 12.2 Å². The molecule has 0 fully saturated rings. The first kappa shape index (κ1) is 18.1. The van der Waals surface area contributed by atoms with E-state index in [1.807, 2.05) is 44.2 Å². The Balaban J connectivity index is 1.97. The van der Waals surface area contributed by atoms with Gasteiger partial charge in [-0.25, -0.2) is 0 Å². The molecule has 0 radical (unpaired) electrons. The van der Waals surface area contributed by atoms with Crippen molar-refractivity contribution in [1.82, 2.24) is 0 Å². The van der Waals surface area contributed by atoms with Crippen molar-refractivity contribution in [1.29, 1.82) is 0 Å². The first-order valence-electron chi connectivity index (χ1n) is 8.72.